The number of carbonyl (C=O) groups is 6. The number of aliphatic hydroxyl groups is 2. The maximum atomic E-state index is 13.2. The molecule has 0 fully saturated rings. The zero-order valence-corrected chi connectivity index (χ0v) is 39.2. The fourth-order valence-electron chi connectivity index (χ4n) is 6.53. The van der Waals surface area contributed by atoms with Gasteiger partial charge in [0.2, 0.25) is 35.4 Å². The van der Waals surface area contributed by atoms with Crippen molar-refractivity contribution in [3.63, 3.8) is 0 Å². The number of allylic oxidation sites excluding steroid dienone is 4. The molecular formula is C45H87N11O8. The predicted molar refractivity (Wildman–Crippen MR) is 252 cm³/mol. The van der Waals surface area contributed by atoms with Crippen LogP contribution in [0.2, 0.25) is 0 Å². The first-order chi connectivity index (χ1) is 30.9. The van der Waals surface area contributed by atoms with Crippen molar-refractivity contribution in [2.75, 3.05) is 78.7 Å². The second-order valence-corrected chi connectivity index (χ2v) is 16.0. The van der Waals surface area contributed by atoms with E-state index < -0.39 is 61.0 Å². The molecule has 19 nitrogen and oxygen atoms in total. The number of aliphatic hydroxyl groups excluding tert-OH is 2. The van der Waals surface area contributed by atoms with Gasteiger partial charge in [0.25, 0.3) is 0 Å². The quantitative estimate of drug-likeness (QED) is 0.0280. The Kier molecular flexibility index (Phi) is 38.0. The summed E-state index contributed by atoms with van der Waals surface area (Å²) in [6, 6.07) is -3.86. The topological polar surface area (TPSA) is 314 Å². The van der Waals surface area contributed by atoms with Crippen molar-refractivity contribution < 1.29 is 39.0 Å². The minimum absolute atomic E-state index is 0.0279. The van der Waals surface area contributed by atoms with Crippen LogP contribution in [0.1, 0.15) is 123 Å². The Morgan fingerprint density at radius 3 is 1.30 bits per heavy atom. The van der Waals surface area contributed by atoms with Crippen LogP contribution in [0.15, 0.2) is 24.3 Å². The van der Waals surface area contributed by atoms with Gasteiger partial charge >= 0.3 is 0 Å². The Labute approximate surface area is 383 Å². The Hall–Kier alpha value is -3.98. The number of hydrogen-bond acceptors (Lipinski definition) is 13. The lowest BCUT2D eigenvalue weighted by molar-refractivity contribution is -0.132. The van der Waals surface area contributed by atoms with Crippen LogP contribution in [-0.4, -0.2) is 158 Å². The second kappa shape index (κ2) is 40.5. The van der Waals surface area contributed by atoms with E-state index in [1.54, 1.807) is 0 Å². The fraction of sp³-hybridized carbons (Fsp3) is 0.778. The van der Waals surface area contributed by atoms with Crippen molar-refractivity contribution in [1.82, 2.24) is 36.4 Å². The second-order valence-electron chi connectivity index (χ2n) is 16.0. The molecule has 0 aliphatic rings. The summed E-state index contributed by atoms with van der Waals surface area (Å²) in [5.74, 6) is -2.00. The third-order valence-corrected chi connectivity index (χ3v) is 10.4. The number of hydrogen-bond donors (Lipinski definition) is 11. The summed E-state index contributed by atoms with van der Waals surface area (Å²) in [5, 5.41) is 33.4. The minimum atomic E-state index is -1.13. The minimum Gasteiger partial charge on any atom is -0.394 e. The fourth-order valence-corrected chi connectivity index (χ4v) is 6.53. The van der Waals surface area contributed by atoms with Crippen LogP contribution in [0, 0.1) is 0 Å². The molecule has 0 bridgehead atoms. The van der Waals surface area contributed by atoms with Crippen molar-refractivity contribution in [2.24, 2.45) is 22.9 Å². The lowest BCUT2D eigenvalue weighted by Crippen LogP contribution is -2.53. The summed E-state index contributed by atoms with van der Waals surface area (Å²) in [6.45, 7) is 7.82. The predicted octanol–water partition coefficient (Wildman–Crippen LogP) is -0.224. The van der Waals surface area contributed by atoms with Gasteiger partial charge in [-0.15, -0.1) is 0 Å². The summed E-state index contributed by atoms with van der Waals surface area (Å²) in [5.41, 5.74) is 22.8. The molecule has 0 unspecified atom stereocenters. The first-order valence-corrected chi connectivity index (χ1v) is 23.8. The lowest BCUT2D eigenvalue weighted by atomic mass is 10.1. The zero-order chi connectivity index (χ0) is 47.8. The summed E-state index contributed by atoms with van der Waals surface area (Å²) in [6.07, 6.45) is 18.9. The van der Waals surface area contributed by atoms with E-state index in [0.29, 0.717) is 110 Å². The Bertz CT molecular complexity index is 1240. The summed E-state index contributed by atoms with van der Waals surface area (Å²) >= 11 is 0. The zero-order valence-electron chi connectivity index (χ0n) is 39.2. The molecule has 0 aliphatic carbocycles. The van der Waals surface area contributed by atoms with Crippen molar-refractivity contribution in [3.8, 4) is 0 Å². The van der Waals surface area contributed by atoms with Gasteiger partial charge in [-0.3, -0.25) is 28.8 Å². The van der Waals surface area contributed by atoms with E-state index in [0.717, 1.165) is 51.5 Å². The molecule has 0 aromatic heterocycles. The molecule has 4 atom stereocenters. The summed E-state index contributed by atoms with van der Waals surface area (Å²) in [4.78, 5) is 80.2. The molecule has 0 aromatic carbocycles. The molecule has 370 valence electrons. The van der Waals surface area contributed by atoms with Gasteiger partial charge in [-0.2, -0.15) is 0 Å². The summed E-state index contributed by atoms with van der Waals surface area (Å²) in [7, 11) is 0. The van der Waals surface area contributed by atoms with Crippen LogP contribution in [0.25, 0.3) is 0 Å². The van der Waals surface area contributed by atoms with Gasteiger partial charge in [-0.1, -0.05) is 51.0 Å². The highest BCUT2D eigenvalue weighted by Crippen LogP contribution is 2.06. The average Bonchev–Trinajstić information content (AvgIpc) is 3.29. The van der Waals surface area contributed by atoms with Gasteiger partial charge in [0.05, 0.1) is 25.3 Å². The molecule has 0 radical (unpaired) electrons. The Balaban J connectivity index is 4.97. The number of unbranched alkanes of at least 4 members (excludes halogenated alkanes) is 3. The number of nitrogens with zero attached hydrogens (tertiary/aromatic N) is 2. The molecule has 6 amide bonds. The van der Waals surface area contributed by atoms with Crippen LogP contribution < -0.4 is 49.5 Å². The largest absolute Gasteiger partial charge is 0.394 e. The van der Waals surface area contributed by atoms with Gasteiger partial charge in [-0.05, 0) is 110 Å². The smallest absolute Gasteiger partial charge is 0.244 e. The lowest BCUT2D eigenvalue weighted by Gasteiger charge is -2.24. The number of amides is 6. The maximum Gasteiger partial charge on any atom is 0.244 e. The molecule has 0 saturated heterocycles. The number of rotatable bonds is 41. The number of nitrogens with one attached hydrogen (secondary N) is 5. The van der Waals surface area contributed by atoms with Gasteiger partial charge in [0, 0.05) is 52.1 Å². The molecule has 0 aromatic rings. The molecule has 0 rings (SSSR count). The van der Waals surface area contributed by atoms with Gasteiger partial charge in [-0.25, -0.2) is 0 Å². The maximum absolute atomic E-state index is 13.2. The standard InChI is InChI=1S/C45H87N11O8/c1-3-5-7-9-22-40(59)55(32-18-28-51-44(63)38(34-57)53-42(61)36(48)20-11-13-24-46)30-16-15-26-50-27-17-31-56(41(60)23-10-8-6-4-2)33-19-29-52-45(64)39(35-58)54-43(62)37(49)21-12-14-25-47/h5-8,36-39,50,57-58H,3-4,9-35,46-49H2,1-2H3,(H,51,63)(H,52,64)(H,53,61)(H,54,62)/b7-5-,8-6-/t36-,37-,38-,39-/m0/s1. The van der Waals surface area contributed by atoms with E-state index in [-0.39, 0.29) is 24.9 Å². The highest BCUT2D eigenvalue weighted by molar-refractivity contribution is 5.90. The molecule has 64 heavy (non-hydrogen) atoms. The van der Waals surface area contributed by atoms with Gasteiger partial charge in [0.1, 0.15) is 12.1 Å². The van der Waals surface area contributed by atoms with E-state index in [2.05, 4.69) is 26.6 Å². The summed E-state index contributed by atoms with van der Waals surface area (Å²) < 4.78 is 0. The number of nitrogens with two attached hydrogens (primary N) is 4. The van der Waals surface area contributed by atoms with Crippen LogP contribution >= 0.6 is 0 Å². The first kappa shape index (κ1) is 60.0. The normalized spacial score (nSPS) is 13.3. The SMILES string of the molecule is CC/C=C\CCC(=O)N(CCCCNCCCN(CCCNC(=O)[C@H](CO)NC(=O)[C@@H](N)CCCCN)C(=O)CC/C=C\CC)CCCNC(=O)[C@H](CO)NC(=O)[C@@H](N)CCCCN. The van der Waals surface area contributed by atoms with Crippen molar-refractivity contribution in [1.29, 1.82) is 0 Å². The highest BCUT2D eigenvalue weighted by atomic mass is 16.3. The molecule has 15 N–H and O–H groups in total. The van der Waals surface area contributed by atoms with Crippen molar-refractivity contribution in [2.45, 2.75) is 147 Å². The Morgan fingerprint density at radius 1 is 0.516 bits per heavy atom. The van der Waals surface area contributed by atoms with Crippen LogP contribution in [0.4, 0.5) is 0 Å². The van der Waals surface area contributed by atoms with Crippen LogP contribution in [0.5, 0.6) is 0 Å². The van der Waals surface area contributed by atoms with E-state index in [9.17, 15) is 39.0 Å². The highest BCUT2D eigenvalue weighted by Gasteiger charge is 2.24. The number of carbonyl (C=O) groups excluding carboxylic acids is 6. The third-order valence-electron chi connectivity index (χ3n) is 10.4. The molecule has 0 spiro atoms. The monoisotopic (exact) mass is 910 g/mol. The molecule has 19 heteroatoms. The molecule has 0 aliphatic heterocycles. The molecule has 0 saturated carbocycles. The molecule has 0 heterocycles. The van der Waals surface area contributed by atoms with Crippen molar-refractivity contribution >= 4 is 35.4 Å². The third kappa shape index (κ3) is 30.2. The van der Waals surface area contributed by atoms with Crippen molar-refractivity contribution in [3.05, 3.63) is 24.3 Å². The van der Waals surface area contributed by atoms with E-state index in [4.69, 9.17) is 22.9 Å². The first-order valence-electron chi connectivity index (χ1n) is 23.8. The van der Waals surface area contributed by atoms with Crippen LogP contribution in [-0.2, 0) is 28.8 Å². The van der Waals surface area contributed by atoms with Gasteiger partial charge in [0.15, 0.2) is 0 Å². The van der Waals surface area contributed by atoms with Crippen LogP contribution in [0.3, 0.4) is 0 Å². The average molecular weight is 910 g/mol. The van der Waals surface area contributed by atoms with Gasteiger partial charge < -0.3 is 69.5 Å². The molecular weight excluding hydrogens is 823 g/mol. The Morgan fingerprint density at radius 2 is 0.906 bits per heavy atom. The van der Waals surface area contributed by atoms with E-state index in [1.807, 2.05) is 48.0 Å². The van der Waals surface area contributed by atoms with E-state index in [1.165, 1.54) is 0 Å². The van der Waals surface area contributed by atoms with E-state index >= 15 is 0 Å².